The molecule has 1 amide bonds. The maximum Gasteiger partial charge on any atom is 0.255 e. The second-order valence-electron chi connectivity index (χ2n) is 7.83. The van der Waals surface area contributed by atoms with Gasteiger partial charge in [0, 0.05) is 40.1 Å². The third-order valence-electron chi connectivity index (χ3n) is 6.06. The average Bonchev–Trinajstić information content (AvgIpc) is 3.21. The molecule has 1 aliphatic heterocycles. The van der Waals surface area contributed by atoms with Crippen LogP contribution < -0.4 is 0 Å². The zero-order valence-electron chi connectivity index (χ0n) is 17.1. The van der Waals surface area contributed by atoms with Crippen molar-refractivity contribution in [2.24, 2.45) is 7.05 Å². The fraction of sp³-hybridized carbons (Fsp3) is 0.192. The number of para-hydroxylation sites is 1. The summed E-state index contributed by atoms with van der Waals surface area (Å²) in [5.74, 6) is 0.132. The minimum absolute atomic E-state index is 0.0848. The Labute approximate surface area is 185 Å². The minimum atomic E-state index is -0.0848. The normalized spacial score (nSPS) is 15.8. The van der Waals surface area contributed by atoms with Crippen molar-refractivity contribution in [3.8, 4) is 11.3 Å². The van der Waals surface area contributed by atoms with Crippen LogP contribution in [0.4, 0.5) is 0 Å². The summed E-state index contributed by atoms with van der Waals surface area (Å²) in [5, 5.41) is 1.20. The van der Waals surface area contributed by atoms with Crippen LogP contribution in [0.3, 0.4) is 0 Å². The van der Waals surface area contributed by atoms with Gasteiger partial charge in [-0.25, -0.2) is 0 Å². The highest BCUT2D eigenvalue weighted by Crippen LogP contribution is 2.46. The molecular formula is C26H23BrN2O. The van der Waals surface area contributed by atoms with Crippen LogP contribution >= 0.6 is 15.9 Å². The smallest absolute Gasteiger partial charge is 0.255 e. The van der Waals surface area contributed by atoms with Crippen LogP contribution in [0.2, 0.25) is 0 Å². The predicted octanol–water partition coefficient (Wildman–Crippen LogP) is 6.56. The van der Waals surface area contributed by atoms with Gasteiger partial charge in [-0.05, 0) is 41.8 Å². The standard InChI is InChI=1S/C26H23BrN2O/c1-3-16-29-25(19-8-4-5-9-20(19)26(29)30)23-21-10-6-7-11-22(21)28(2)24(23)17-12-14-18(27)15-13-17/h4-15,25H,3,16H2,1-2H3/t25-/m1/s1. The van der Waals surface area contributed by atoms with Crippen LogP contribution in [0.25, 0.3) is 22.2 Å². The number of nitrogens with zero attached hydrogens (tertiary/aromatic N) is 2. The summed E-state index contributed by atoms with van der Waals surface area (Å²) >= 11 is 3.56. The van der Waals surface area contributed by atoms with Gasteiger partial charge in [-0.15, -0.1) is 0 Å². The largest absolute Gasteiger partial charge is 0.343 e. The van der Waals surface area contributed by atoms with Crippen molar-refractivity contribution < 1.29 is 4.79 Å². The number of aryl methyl sites for hydroxylation is 1. The summed E-state index contributed by atoms with van der Waals surface area (Å²) < 4.78 is 3.32. The molecule has 30 heavy (non-hydrogen) atoms. The van der Waals surface area contributed by atoms with Crippen molar-refractivity contribution >= 4 is 32.7 Å². The lowest BCUT2D eigenvalue weighted by Crippen LogP contribution is -2.29. The molecule has 0 unspecified atom stereocenters. The van der Waals surface area contributed by atoms with E-state index in [1.54, 1.807) is 0 Å². The third-order valence-corrected chi connectivity index (χ3v) is 6.59. The van der Waals surface area contributed by atoms with Crippen LogP contribution in [-0.4, -0.2) is 21.9 Å². The predicted molar refractivity (Wildman–Crippen MR) is 126 cm³/mol. The number of rotatable bonds is 4. The number of halogens is 1. The number of carbonyl (C=O) groups is 1. The van der Waals surface area contributed by atoms with Gasteiger partial charge in [0.25, 0.3) is 5.91 Å². The van der Waals surface area contributed by atoms with Crippen molar-refractivity contribution in [2.75, 3.05) is 6.54 Å². The minimum Gasteiger partial charge on any atom is -0.343 e. The lowest BCUT2D eigenvalue weighted by atomic mass is 9.93. The molecule has 1 aromatic heterocycles. The van der Waals surface area contributed by atoms with E-state index >= 15 is 0 Å². The molecule has 1 atom stereocenters. The summed E-state index contributed by atoms with van der Waals surface area (Å²) in [6.07, 6.45) is 0.925. The molecule has 0 fully saturated rings. The van der Waals surface area contributed by atoms with Gasteiger partial charge in [0.15, 0.2) is 0 Å². The average molecular weight is 459 g/mol. The number of benzene rings is 3. The highest BCUT2D eigenvalue weighted by molar-refractivity contribution is 9.10. The molecule has 0 aliphatic carbocycles. The van der Waals surface area contributed by atoms with E-state index in [4.69, 9.17) is 0 Å². The first kappa shape index (κ1) is 19.1. The quantitative estimate of drug-likeness (QED) is 0.339. The lowest BCUT2D eigenvalue weighted by molar-refractivity contribution is 0.0751. The van der Waals surface area contributed by atoms with E-state index in [1.165, 1.54) is 22.2 Å². The number of hydrogen-bond donors (Lipinski definition) is 0. The van der Waals surface area contributed by atoms with Gasteiger partial charge in [-0.2, -0.15) is 0 Å². The van der Waals surface area contributed by atoms with E-state index in [2.05, 4.69) is 94.0 Å². The molecule has 0 radical (unpaired) electrons. The summed E-state index contributed by atoms with van der Waals surface area (Å²) in [4.78, 5) is 15.4. The van der Waals surface area contributed by atoms with Gasteiger partial charge < -0.3 is 9.47 Å². The van der Waals surface area contributed by atoms with Crippen molar-refractivity contribution in [3.63, 3.8) is 0 Å². The third kappa shape index (κ3) is 2.82. The van der Waals surface area contributed by atoms with Gasteiger partial charge in [0.2, 0.25) is 0 Å². The van der Waals surface area contributed by atoms with Crippen molar-refractivity contribution in [1.29, 1.82) is 0 Å². The maximum absolute atomic E-state index is 13.3. The molecule has 3 aromatic carbocycles. The van der Waals surface area contributed by atoms with Crippen LogP contribution in [0, 0.1) is 0 Å². The Morgan fingerprint density at radius 3 is 2.40 bits per heavy atom. The Morgan fingerprint density at radius 2 is 1.63 bits per heavy atom. The van der Waals surface area contributed by atoms with E-state index < -0.39 is 0 Å². The van der Waals surface area contributed by atoms with Crippen molar-refractivity contribution in [2.45, 2.75) is 19.4 Å². The summed E-state index contributed by atoms with van der Waals surface area (Å²) in [6, 6.07) is 25.0. The Hall–Kier alpha value is -2.85. The number of aromatic nitrogens is 1. The van der Waals surface area contributed by atoms with Crippen LogP contribution in [0.5, 0.6) is 0 Å². The van der Waals surface area contributed by atoms with E-state index in [9.17, 15) is 4.79 Å². The zero-order chi connectivity index (χ0) is 20.8. The second-order valence-corrected chi connectivity index (χ2v) is 8.75. The molecule has 3 nitrogen and oxygen atoms in total. The molecule has 1 aliphatic rings. The fourth-order valence-corrected chi connectivity index (χ4v) is 5.07. The van der Waals surface area contributed by atoms with E-state index in [-0.39, 0.29) is 11.9 Å². The first-order chi connectivity index (χ1) is 14.6. The summed E-state index contributed by atoms with van der Waals surface area (Å²) in [7, 11) is 2.12. The first-order valence-electron chi connectivity index (χ1n) is 10.3. The molecule has 5 rings (SSSR count). The van der Waals surface area contributed by atoms with Gasteiger partial charge in [-0.1, -0.05) is 71.4 Å². The molecule has 0 bridgehead atoms. The van der Waals surface area contributed by atoms with Crippen LogP contribution in [0.1, 0.15) is 40.9 Å². The second kappa shape index (κ2) is 7.44. The summed E-state index contributed by atoms with van der Waals surface area (Å²) in [5.41, 5.74) is 6.64. The van der Waals surface area contributed by atoms with E-state index in [0.29, 0.717) is 0 Å². The van der Waals surface area contributed by atoms with Gasteiger partial charge in [0.05, 0.1) is 11.7 Å². The van der Waals surface area contributed by atoms with Gasteiger partial charge in [-0.3, -0.25) is 4.79 Å². The Balaban J connectivity index is 1.85. The molecule has 0 saturated carbocycles. The summed E-state index contributed by atoms with van der Waals surface area (Å²) in [6.45, 7) is 2.87. The Bertz CT molecular complexity index is 1260. The highest BCUT2D eigenvalue weighted by atomic mass is 79.9. The van der Waals surface area contributed by atoms with Gasteiger partial charge >= 0.3 is 0 Å². The van der Waals surface area contributed by atoms with Gasteiger partial charge in [0.1, 0.15) is 0 Å². The number of amides is 1. The van der Waals surface area contributed by atoms with Crippen LogP contribution in [-0.2, 0) is 7.05 Å². The number of carbonyl (C=O) groups excluding carboxylic acids is 1. The molecule has 4 heteroatoms. The molecule has 0 N–H and O–H groups in total. The zero-order valence-corrected chi connectivity index (χ0v) is 18.7. The van der Waals surface area contributed by atoms with Crippen molar-refractivity contribution in [3.05, 3.63) is 94.0 Å². The van der Waals surface area contributed by atoms with Crippen molar-refractivity contribution in [1.82, 2.24) is 9.47 Å². The maximum atomic E-state index is 13.3. The lowest BCUT2D eigenvalue weighted by Gasteiger charge is -2.26. The topological polar surface area (TPSA) is 25.2 Å². The molecule has 4 aromatic rings. The van der Waals surface area contributed by atoms with E-state index in [1.807, 2.05) is 18.2 Å². The Morgan fingerprint density at radius 1 is 0.933 bits per heavy atom. The number of fused-ring (bicyclic) bond motifs is 2. The molecule has 0 spiro atoms. The monoisotopic (exact) mass is 458 g/mol. The van der Waals surface area contributed by atoms with E-state index in [0.717, 1.165) is 34.1 Å². The number of hydrogen-bond acceptors (Lipinski definition) is 1. The SMILES string of the molecule is CCCN1C(=O)c2ccccc2[C@@H]1c1c(-c2ccc(Br)cc2)n(C)c2ccccc12. The molecular weight excluding hydrogens is 436 g/mol. The molecule has 150 valence electrons. The Kier molecular flexibility index (Phi) is 4.75. The molecule has 2 heterocycles. The fourth-order valence-electron chi connectivity index (χ4n) is 4.81. The van der Waals surface area contributed by atoms with Crippen LogP contribution in [0.15, 0.2) is 77.3 Å². The first-order valence-corrected chi connectivity index (χ1v) is 11.1. The highest BCUT2D eigenvalue weighted by Gasteiger charge is 2.40. The molecule has 0 saturated heterocycles.